The second-order valence-electron chi connectivity index (χ2n) is 5.09. The van der Waals surface area contributed by atoms with Crippen molar-refractivity contribution >= 4 is 17.4 Å². The summed E-state index contributed by atoms with van der Waals surface area (Å²) in [5, 5.41) is 2.52. The SMILES string of the molecule is CCCCN(C)C(=O)c1cnc(Nc2c(F)cccc2F)cn1. The van der Waals surface area contributed by atoms with Crippen LogP contribution in [0.2, 0.25) is 0 Å². The van der Waals surface area contributed by atoms with Crippen molar-refractivity contribution in [1.29, 1.82) is 0 Å². The number of aromatic nitrogens is 2. The third-order valence-corrected chi connectivity index (χ3v) is 3.28. The largest absolute Gasteiger partial charge is 0.340 e. The van der Waals surface area contributed by atoms with Crippen LogP contribution in [0.5, 0.6) is 0 Å². The Morgan fingerprint density at radius 3 is 2.48 bits per heavy atom. The third kappa shape index (κ3) is 4.21. The standard InChI is InChI=1S/C16H18F2N4O/c1-3-4-8-22(2)16(23)13-9-20-14(10-19-13)21-15-11(17)6-5-7-12(15)18/h5-7,9-10H,3-4,8H2,1-2H3,(H,20,21). The number of benzene rings is 1. The molecule has 2 aromatic rings. The van der Waals surface area contributed by atoms with E-state index in [1.165, 1.54) is 18.5 Å². The summed E-state index contributed by atoms with van der Waals surface area (Å²) < 4.78 is 27.1. The minimum atomic E-state index is -0.730. The predicted octanol–water partition coefficient (Wildman–Crippen LogP) is 3.37. The van der Waals surface area contributed by atoms with Crippen LogP contribution in [0.3, 0.4) is 0 Å². The summed E-state index contributed by atoms with van der Waals surface area (Å²) in [6.07, 6.45) is 4.45. The molecule has 122 valence electrons. The van der Waals surface area contributed by atoms with Gasteiger partial charge in [-0.2, -0.15) is 0 Å². The first-order valence-electron chi connectivity index (χ1n) is 7.31. The maximum Gasteiger partial charge on any atom is 0.273 e. The topological polar surface area (TPSA) is 58.1 Å². The number of carbonyl (C=O) groups excluding carboxylic acids is 1. The van der Waals surface area contributed by atoms with E-state index in [1.807, 2.05) is 6.92 Å². The zero-order valence-electron chi connectivity index (χ0n) is 13.0. The smallest absolute Gasteiger partial charge is 0.273 e. The van der Waals surface area contributed by atoms with Crippen LogP contribution in [-0.4, -0.2) is 34.4 Å². The van der Waals surface area contributed by atoms with Crippen LogP contribution in [-0.2, 0) is 0 Å². The minimum absolute atomic E-state index is 0.154. The predicted molar refractivity (Wildman–Crippen MR) is 83.5 cm³/mol. The van der Waals surface area contributed by atoms with Gasteiger partial charge in [-0.15, -0.1) is 0 Å². The number of rotatable bonds is 6. The van der Waals surface area contributed by atoms with Gasteiger partial charge in [0.1, 0.15) is 28.8 Å². The van der Waals surface area contributed by atoms with E-state index < -0.39 is 11.6 Å². The molecule has 0 unspecified atom stereocenters. The molecular weight excluding hydrogens is 302 g/mol. The molecule has 1 aromatic carbocycles. The zero-order chi connectivity index (χ0) is 16.8. The second kappa shape index (κ2) is 7.62. The lowest BCUT2D eigenvalue weighted by Crippen LogP contribution is -2.28. The molecule has 5 nitrogen and oxygen atoms in total. The fourth-order valence-electron chi connectivity index (χ4n) is 1.94. The van der Waals surface area contributed by atoms with E-state index in [2.05, 4.69) is 15.3 Å². The fourth-order valence-corrected chi connectivity index (χ4v) is 1.94. The molecule has 0 atom stereocenters. The number of para-hydroxylation sites is 1. The maximum atomic E-state index is 13.6. The van der Waals surface area contributed by atoms with Gasteiger partial charge in [-0.25, -0.2) is 18.7 Å². The molecule has 0 aliphatic rings. The molecule has 0 saturated carbocycles. The van der Waals surface area contributed by atoms with Gasteiger partial charge in [0.2, 0.25) is 0 Å². The summed E-state index contributed by atoms with van der Waals surface area (Å²) in [4.78, 5) is 21.7. The Bertz CT molecular complexity index is 656. The first kappa shape index (κ1) is 16.8. The first-order valence-corrected chi connectivity index (χ1v) is 7.31. The summed E-state index contributed by atoms with van der Waals surface area (Å²) in [6, 6.07) is 3.55. The molecule has 0 aliphatic carbocycles. The summed E-state index contributed by atoms with van der Waals surface area (Å²) in [7, 11) is 1.69. The van der Waals surface area contributed by atoms with E-state index >= 15 is 0 Å². The van der Waals surface area contributed by atoms with Crippen molar-refractivity contribution in [3.05, 3.63) is 47.9 Å². The minimum Gasteiger partial charge on any atom is -0.340 e. The number of hydrogen-bond acceptors (Lipinski definition) is 4. The number of nitrogens with zero attached hydrogens (tertiary/aromatic N) is 3. The van der Waals surface area contributed by atoms with Crippen molar-refractivity contribution in [3.63, 3.8) is 0 Å². The molecule has 0 radical (unpaired) electrons. The molecule has 0 fully saturated rings. The van der Waals surface area contributed by atoms with Gasteiger partial charge in [-0.05, 0) is 18.6 Å². The maximum absolute atomic E-state index is 13.6. The van der Waals surface area contributed by atoms with E-state index in [0.717, 1.165) is 25.0 Å². The van der Waals surface area contributed by atoms with E-state index in [1.54, 1.807) is 11.9 Å². The lowest BCUT2D eigenvalue weighted by atomic mass is 10.3. The molecule has 1 amide bonds. The molecule has 1 aromatic heterocycles. The molecule has 23 heavy (non-hydrogen) atoms. The lowest BCUT2D eigenvalue weighted by molar-refractivity contribution is 0.0787. The normalized spacial score (nSPS) is 10.4. The lowest BCUT2D eigenvalue weighted by Gasteiger charge is -2.16. The van der Waals surface area contributed by atoms with Crippen molar-refractivity contribution in [3.8, 4) is 0 Å². The van der Waals surface area contributed by atoms with E-state index in [0.29, 0.717) is 6.54 Å². The number of nitrogens with one attached hydrogen (secondary N) is 1. The third-order valence-electron chi connectivity index (χ3n) is 3.28. The van der Waals surface area contributed by atoms with E-state index in [4.69, 9.17) is 0 Å². The van der Waals surface area contributed by atoms with Crippen LogP contribution in [0.1, 0.15) is 30.3 Å². The number of hydrogen-bond donors (Lipinski definition) is 1. The Labute approximate surface area is 133 Å². The van der Waals surface area contributed by atoms with Gasteiger partial charge in [-0.1, -0.05) is 19.4 Å². The number of unbranched alkanes of at least 4 members (excludes halogenated alkanes) is 1. The van der Waals surface area contributed by atoms with E-state index in [-0.39, 0.29) is 23.1 Å². The van der Waals surface area contributed by atoms with Crippen molar-refractivity contribution < 1.29 is 13.6 Å². The molecular formula is C16H18F2N4O. The molecule has 7 heteroatoms. The highest BCUT2D eigenvalue weighted by atomic mass is 19.1. The van der Waals surface area contributed by atoms with Gasteiger partial charge >= 0.3 is 0 Å². The summed E-state index contributed by atoms with van der Waals surface area (Å²) >= 11 is 0. The molecule has 0 aliphatic heterocycles. The summed E-state index contributed by atoms with van der Waals surface area (Å²) in [5.74, 6) is -1.55. The number of carbonyl (C=O) groups is 1. The van der Waals surface area contributed by atoms with Crippen molar-refractivity contribution in [2.75, 3.05) is 18.9 Å². The quantitative estimate of drug-likeness (QED) is 0.886. The van der Waals surface area contributed by atoms with Crippen molar-refractivity contribution in [1.82, 2.24) is 14.9 Å². The summed E-state index contributed by atoms with van der Waals surface area (Å²) in [5.41, 5.74) is -0.121. The molecule has 0 bridgehead atoms. The summed E-state index contributed by atoms with van der Waals surface area (Å²) in [6.45, 7) is 2.68. The van der Waals surface area contributed by atoms with Crippen molar-refractivity contribution in [2.24, 2.45) is 0 Å². The van der Waals surface area contributed by atoms with E-state index in [9.17, 15) is 13.6 Å². The molecule has 0 spiro atoms. The highest BCUT2D eigenvalue weighted by Crippen LogP contribution is 2.21. The van der Waals surface area contributed by atoms with Gasteiger partial charge in [0, 0.05) is 13.6 Å². The number of anilines is 2. The second-order valence-corrected chi connectivity index (χ2v) is 5.09. The Kier molecular flexibility index (Phi) is 5.56. The van der Waals surface area contributed by atoms with Crippen LogP contribution < -0.4 is 5.32 Å². The highest BCUT2D eigenvalue weighted by molar-refractivity contribution is 5.91. The Hall–Kier alpha value is -2.57. The average molecular weight is 320 g/mol. The van der Waals surface area contributed by atoms with Gasteiger partial charge in [0.15, 0.2) is 0 Å². The van der Waals surface area contributed by atoms with Crippen molar-refractivity contribution in [2.45, 2.75) is 19.8 Å². The van der Waals surface area contributed by atoms with Gasteiger partial charge in [0.25, 0.3) is 5.91 Å². The Balaban J connectivity index is 2.09. The Morgan fingerprint density at radius 2 is 1.91 bits per heavy atom. The van der Waals surface area contributed by atoms with Crippen LogP contribution in [0, 0.1) is 11.6 Å². The molecule has 1 heterocycles. The first-order chi connectivity index (χ1) is 11.0. The zero-order valence-corrected chi connectivity index (χ0v) is 13.0. The van der Waals surface area contributed by atoms with Gasteiger partial charge < -0.3 is 10.2 Å². The highest BCUT2D eigenvalue weighted by Gasteiger charge is 2.14. The van der Waals surface area contributed by atoms with Crippen LogP contribution in [0.15, 0.2) is 30.6 Å². The fraction of sp³-hybridized carbons (Fsp3) is 0.312. The monoisotopic (exact) mass is 320 g/mol. The average Bonchev–Trinajstić information content (AvgIpc) is 2.56. The van der Waals surface area contributed by atoms with Crippen LogP contribution >= 0.6 is 0 Å². The molecule has 0 saturated heterocycles. The van der Waals surface area contributed by atoms with Gasteiger partial charge in [0.05, 0.1) is 12.4 Å². The Morgan fingerprint density at radius 1 is 1.22 bits per heavy atom. The number of halogens is 2. The molecule has 1 N–H and O–H groups in total. The van der Waals surface area contributed by atoms with Crippen LogP contribution in [0.4, 0.5) is 20.3 Å². The van der Waals surface area contributed by atoms with Crippen LogP contribution in [0.25, 0.3) is 0 Å². The molecule has 2 rings (SSSR count). The van der Waals surface area contributed by atoms with Gasteiger partial charge in [-0.3, -0.25) is 4.79 Å². The number of amides is 1.